The van der Waals surface area contributed by atoms with Crippen LogP contribution >= 0.6 is 0 Å². The van der Waals surface area contributed by atoms with Crippen molar-refractivity contribution < 1.29 is 4.74 Å². The maximum absolute atomic E-state index is 9.82. The molecule has 1 saturated carbocycles. The van der Waals surface area contributed by atoms with E-state index in [1.165, 1.54) is 5.56 Å². The van der Waals surface area contributed by atoms with E-state index in [0.717, 1.165) is 55.4 Å². The second-order valence-electron chi connectivity index (χ2n) is 7.39. The lowest BCUT2D eigenvalue weighted by Crippen LogP contribution is -2.21. The zero-order chi connectivity index (χ0) is 19.2. The predicted molar refractivity (Wildman–Crippen MR) is 107 cm³/mol. The lowest BCUT2D eigenvalue weighted by atomic mass is 9.79. The minimum absolute atomic E-state index is 0.334. The lowest BCUT2D eigenvalue weighted by Gasteiger charge is -2.29. The maximum Gasteiger partial charge on any atom is 0.101 e. The molecule has 0 N–H and O–H groups in total. The molecule has 1 fully saturated rings. The molecule has 0 radical (unpaired) electrons. The van der Waals surface area contributed by atoms with Crippen molar-refractivity contribution in [2.45, 2.75) is 58.0 Å². The number of ether oxygens (including phenoxy) is 1. The van der Waals surface area contributed by atoms with Crippen LogP contribution in [0.3, 0.4) is 0 Å². The Bertz CT molecular complexity index is 863. The van der Waals surface area contributed by atoms with Crippen molar-refractivity contribution in [1.82, 2.24) is 0 Å². The predicted octanol–water partition coefficient (Wildman–Crippen LogP) is 5.86. The summed E-state index contributed by atoms with van der Waals surface area (Å²) in [6.07, 6.45) is 5.46. The Morgan fingerprint density at radius 3 is 2.19 bits per heavy atom. The summed E-state index contributed by atoms with van der Waals surface area (Å²) in [6.45, 7) is 4.99. The van der Waals surface area contributed by atoms with Gasteiger partial charge in [0, 0.05) is 12.2 Å². The molecule has 0 heterocycles. The minimum Gasteiger partial charge on any atom is -0.378 e. The van der Waals surface area contributed by atoms with Gasteiger partial charge in [0.15, 0.2) is 0 Å². The van der Waals surface area contributed by atoms with Crippen molar-refractivity contribution in [2.75, 3.05) is 6.61 Å². The van der Waals surface area contributed by atoms with Gasteiger partial charge in [-0.1, -0.05) is 48.9 Å². The molecule has 0 amide bonds. The molecule has 2 aromatic carbocycles. The molecule has 0 aliphatic heterocycles. The SMILES string of the molecule is CCCO[C@H]1CC[C@H](c2ccc(-c3ccc(C)cc3)c(C#N)c2C#N)CC1. The second kappa shape index (κ2) is 8.85. The summed E-state index contributed by atoms with van der Waals surface area (Å²) in [5.74, 6) is 0.334. The number of benzene rings is 2. The molecule has 1 aliphatic rings. The molecule has 27 heavy (non-hydrogen) atoms. The van der Waals surface area contributed by atoms with E-state index < -0.39 is 0 Å². The van der Waals surface area contributed by atoms with Gasteiger partial charge in [0.1, 0.15) is 12.1 Å². The Morgan fingerprint density at radius 1 is 0.926 bits per heavy atom. The second-order valence-corrected chi connectivity index (χ2v) is 7.39. The van der Waals surface area contributed by atoms with Crippen molar-refractivity contribution in [2.24, 2.45) is 0 Å². The molecule has 138 valence electrons. The molecule has 0 bridgehead atoms. The largest absolute Gasteiger partial charge is 0.378 e. The van der Waals surface area contributed by atoms with Crippen LogP contribution < -0.4 is 0 Å². The van der Waals surface area contributed by atoms with E-state index in [9.17, 15) is 10.5 Å². The molecule has 3 heteroatoms. The topological polar surface area (TPSA) is 56.8 Å². The Hall–Kier alpha value is -2.62. The van der Waals surface area contributed by atoms with Gasteiger partial charge in [-0.25, -0.2) is 0 Å². The van der Waals surface area contributed by atoms with Gasteiger partial charge in [-0.15, -0.1) is 0 Å². The third-order valence-electron chi connectivity index (χ3n) is 5.50. The van der Waals surface area contributed by atoms with Crippen LogP contribution in [-0.2, 0) is 4.74 Å². The van der Waals surface area contributed by atoms with Crippen LogP contribution in [0.4, 0.5) is 0 Å². The third kappa shape index (κ3) is 4.21. The van der Waals surface area contributed by atoms with Gasteiger partial charge in [-0.3, -0.25) is 0 Å². The molecule has 2 aromatic rings. The number of aryl methyl sites for hydroxylation is 1. The normalized spacial score (nSPS) is 19.3. The summed E-state index contributed by atoms with van der Waals surface area (Å²) in [6, 6.07) is 16.8. The third-order valence-corrected chi connectivity index (χ3v) is 5.50. The van der Waals surface area contributed by atoms with Crippen molar-refractivity contribution in [3.63, 3.8) is 0 Å². The van der Waals surface area contributed by atoms with Crippen molar-refractivity contribution in [3.8, 4) is 23.3 Å². The highest BCUT2D eigenvalue weighted by molar-refractivity contribution is 5.75. The minimum atomic E-state index is 0.334. The average molecular weight is 358 g/mol. The van der Waals surface area contributed by atoms with Gasteiger partial charge in [0.25, 0.3) is 0 Å². The molecular formula is C24H26N2O. The first-order valence-corrected chi connectivity index (χ1v) is 9.83. The first-order valence-electron chi connectivity index (χ1n) is 9.83. The number of rotatable bonds is 5. The van der Waals surface area contributed by atoms with Crippen LogP contribution in [0.25, 0.3) is 11.1 Å². The highest BCUT2D eigenvalue weighted by Crippen LogP contribution is 2.38. The average Bonchev–Trinajstić information content (AvgIpc) is 2.72. The van der Waals surface area contributed by atoms with Crippen LogP contribution in [0.5, 0.6) is 0 Å². The summed E-state index contributed by atoms with van der Waals surface area (Å²) in [5, 5.41) is 19.6. The highest BCUT2D eigenvalue weighted by Gasteiger charge is 2.26. The van der Waals surface area contributed by atoms with Gasteiger partial charge in [0.05, 0.1) is 17.2 Å². The summed E-state index contributed by atoms with van der Waals surface area (Å²) in [5.41, 5.74) is 5.08. The van der Waals surface area contributed by atoms with E-state index >= 15 is 0 Å². The molecule has 0 saturated heterocycles. The zero-order valence-electron chi connectivity index (χ0n) is 16.2. The molecule has 0 atom stereocenters. The van der Waals surface area contributed by atoms with Crippen LogP contribution in [-0.4, -0.2) is 12.7 Å². The van der Waals surface area contributed by atoms with Crippen LogP contribution in [0.2, 0.25) is 0 Å². The van der Waals surface area contributed by atoms with Gasteiger partial charge < -0.3 is 4.74 Å². The fourth-order valence-corrected chi connectivity index (χ4v) is 3.99. The molecule has 0 unspecified atom stereocenters. The smallest absolute Gasteiger partial charge is 0.101 e. The van der Waals surface area contributed by atoms with Crippen molar-refractivity contribution in [3.05, 3.63) is 58.7 Å². The monoisotopic (exact) mass is 358 g/mol. The highest BCUT2D eigenvalue weighted by atomic mass is 16.5. The first kappa shape index (κ1) is 19.2. The van der Waals surface area contributed by atoms with Crippen molar-refractivity contribution in [1.29, 1.82) is 10.5 Å². The molecule has 1 aliphatic carbocycles. The number of hydrogen-bond donors (Lipinski definition) is 0. The summed E-state index contributed by atoms with van der Waals surface area (Å²) in [4.78, 5) is 0. The van der Waals surface area contributed by atoms with Crippen LogP contribution in [0.1, 0.15) is 67.2 Å². The van der Waals surface area contributed by atoms with E-state index in [0.29, 0.717) is 23.1 Å². The van der Waals surface area contributed by atoms with E-state index in [4.69, 9.17) is 4.74 Å². The van der Waals surface area contributed by atoms with Gasteiger partial charge in [0.2, 0.25) is 0 Å². The molecule has 0 aromatic heterocycles. The fraction of sp³-hybridized carbons (Fsp3) is 0.417. The standard InChI is InChI=1S/C24H26N2O/c1-3-14-27-20-10-8-19(9-11-20)22-13-12-21(23(15-25)24(22)16-26)18-6-4-17(2)5-7-18/h4-7,12-13,19-20H,3,8-11,14H2,1-2H3/t19-,20-. The quantitative estimate of drug-likeness (QED) is 0.673. The Balaban J connectivity index is 1.89. The summed E-state index contributed by atoms with van der Waals surface area (Å²) >= 11 is 0. The Morgan fingerprint density at radius 2 is 1.59 bits per heavy atom. The lowest BCUT2D eigenvalue weighted by molar-refractivity contribution is 0.0251. The first-order chi connectivity index (χ1) is 13.2. The number of nitrogens with zero attached hydrogens (tertiary/aromatic N) is 2. The van der Waals surface area contributed by atoms with Crippen LogP contribution in [0.15, 0.2) is 36.4 Å². The van der Waals surface area contributed by atoms with E-state index in [1.807, 2.05) is 37.3 Å². The molecule has 3 rings (SSSR count). The summed E-state index contributed by atoms with van der Waals surface area (Å²) in [7, 11) is 0. The Kier molecular flexibility index (Phi) is 6.28. The number of hydrogen-bond acceptors (Lipinski definition) is 3. The van der Waals surface area contributed by atoms with E-state index in [-0.39, 0.29) is 0 Å². The molecule has 3 nitrogen and oxygen atoms in total. The fourth-order valence-electron chi connectivity index (χ4n) is 3.99. The van der Waals surface area contributed by atoms with E-state index in [2.05, 4.69) is 25.1 Å². The van der Waals surface area contributed by atoms with Gasteiger partial charge in [-0.2, -0.15) is 10.5 Å². The van der Waals surface area contributed by atoms with Crippen molar-refractivity contribution >= 4 is 0 Å². The van der Waals surface area contributed by atoms with Gasteiger partial charge >= 0.3 is 0 Å². The summed E-state index contributed by atoms with van der Waals surface area (Å²) < 4.78 is 5.89. The Labute approximate surface area is 162 Å². The van der Waals surface area contributed by atoms with E-state index in [1.54, 1.807) is 0 Å². The van der Waals surface area contributed by atoms with Gasteiger partial charge in [-0.05, 0) is 56.1 Å². The molecular weight excluding hydrogens is 332 g/mol. The zero-order valence-corrected chi connectivity index (χ0v) is 16.2. The maximum atomic E-state index is 9.82. The molecule has 0 spiro atoms. The number of nitriles is 2. The van der Waals surface area contributed by atoms with Crippen LogP contribution in [0, 0.1) is 29.6 Å².